The molecule has 164 valence electrons. The van der Waals surface area contributed by atoms with Crippen LogP contribution >= 0.6 is 0 Å². The van der Waals surface area contributed by atoms with Gasteiger partial charge in [0.1, 0.15) is 11.6 Å². The minimum atomic E-state index is -3.99. The Kier molecular flexibility index (Phi) is 6.48. The summed E-state index contributed by atoms with van der Waals surface area (Å²) in [5, 5.41) is 14.1. The van der Waals surface area contributed by atoms with Crippen LogP contribution in [0.2, 0.25) is 0 Å². The van der Waals surface area contributed by atoms with E-state index in [1.807, 2.05) is 6.07 Å². The highest BCUT2D eigenvalue weighted by molar-refractivity contribution is 7.89. The number of nitriles is 1. The maximum atomic E-state index is 14.3. The van der Waals surface area contributed by atoms with Crippen LogP contribution in [-0.4, -0.2) is 51.5 Å². The summed E-state index contributed by atoms with van der Waals surface area (Å²) in [6, 6.07) is 10.1. The van der Waals surface area contributed by atoms with Gasteiger partial charge in [0.25, 0.3) is 5.91 Å². The Morgan fingerprint density at radius 3 is 2.39 bits per heavy atom. The molecule has 1 saturated heterocycles. The van der Waals surface area contributed by atoms with Crippen molar-refractivity contribution < 1.29 is 22.3 Å². The number of primary sulfonamides is 1. The van der Waals surface area contributed by atoms with Gasteiger partial charge in [-0.15, -0.1) is 0 Å². The lowest BCUT2D eigenvalue weighted by Gasteiger charge is -2.36. The molecule has 10 heteroatoms. The van der Waals surface area contributed by atoms with Gasteiger partial charge in [-0.05, 0) is 50.2 Å². The Morgan fingerprint density at radius 2 is 1.84 bits per heavy atom. The molecule has 0 radical (unpaired) electrons. The Labute approximate surface area is 180 Å². The zero-order valence-electron chi connectivity index (χ0n) is 17.2. The first-order valence-corrected chi connectivity index (χ1v) is 11.2. The van der Waals surface area contributed by atoms with Gasteiger partial charge in [0.05, 0.1) is 33.9 Å². The SMILES string of the molecule is CC(C)Oc1ccc(S(N)(=O)=O)cc1C(=O)N1CCN(c2ccc(C#N)cc2F)CC1. The lowest BCUT2D eigenvalue weighted by molar-refractivity contribution is 0.0740. The van der Waals surface area contributed by atoms with Crippen molar-refractivity contribution in [2.75, 3.05) is 31.1 Å². The van der Waals surface area contributed by atoms with Gasteiger partial charge in [0.15, 0.2) is 0 Å². The van der Waals surface area contributed by atoms with E-state index in [0.717, 1.165) is 0 Å². The third-order valence-electron chi connectivity index (χ3n) is 4.86. The molecule has 0 spiro atoms. The van der Waals surface area contributed by atoms with Gasteiger partial charge in [-0.3, -0.25) is 4.79 Å². The van der Waals surface area contributed by atoms with E-state index >= 15 is 0 Å². The second-order valence-corrected chi connectivity index (χ2v) is 8.99. The Balaban J connectivity index is 1.81. The number of carbonyl (C=O) groups excluding carboxylic acids is 1. The highest BCUT2D eigenvalue weighted by atomic mass is 32.2. The molecule has 0 unspecified atom stereocenters. The molecule has 0 saturated carbocycles. The van der Waals surface area contributed by atoms with E-state index in [1.54, 1.807) is 35.8 Å². The number of nitrogens with two attached hydrogens (primary N) is 1. The summed E-state index contributed by atoms with van der Waals surface area (Å²) in [5.74, 6) is -0.610. The largest absolute Gasteiger partial charge is 0.490 e. The molecule has 2 aromatic rings. The molecule has 8 nitrogen and oxygen atoms in total. The lowest BCUT2D eigenvalue weighted by Crippen LogP contribution is -2.49. The number of carbonyl (C=O) groups is 1. The fraction of sp³-hybridized carbons (Fsp3) is 0.333. The fourth-order valence-corrected chi connectivity index (χ4v) is 3.90. The summed E-state index contributed by atoms with van der Waals surface area (Å²) in [7, 11) is -3.99. The molecule has 0 aromatic heterocycles. The van der Waals surface area contributed by atoms with Crippen molar-refractivity contribution in [2.24, 2.45) is 5.14 Å². The van der Waals surface area contributed by atoms with Gasteiger partial charge in [-0.25, -0.2) is 17.9 Å². The number of hydrogen-bond acceptors (Lipinski definition) is 6. The van der Waals surface area contributed by atoms with E-state index in [0.29, 0.717) is 31.9 Å². The molecule has 0 bridgehead atoms. The van der Waals surface area contributed by atoms with Crippen LogP contribution in [0.25, 0.3) is 0 Å². The number of piperazine rings is 1. The summed E-state index contributed by atoms with van der Waals surface area (Å²) in [4.78, 5) is 16.3. The fourth-order valence-electron chi connectivity index (χ4n) is 3.36. The molecular weight excluding hydrogens is 423 g/mol. The van der Waals surface area contributed by atoms with Crippen LogP contribution in [0.4, 0.5) is 10.1 Å². The maximum Gasteiger partial charge on any atom is 0.257 e. The number of ether oxygens (including phenoxy) is 1. The standard InChI is InChI=1S/C21H23FN4O4S/c1-14(2)30-20-6-4-16(31(24,28)29)12-17(20)21(27)26-9-7-25(8-10-26)19-5-3-15(13-23)11-18(19)22/h3-6,11-12,14H,7-10H2,1-2H3,(H2,24,28,29). The highest BCUT2D eigenvalue weighted by Gasteiger charge is 2.27. The summed E-state index contributed by atoms with van der Waals surface area (Å²) < 4.78 is 43.5. The predicted octanol–water partition coefficient (Wildman–Crippen LogP) is 2.09. The van der Waals surface area contributed by atoms with E-state index in [4.69, 9.17) is 15.1 Å². The van der Waals surface area contributed by atoms with Gasteiger partial charge in [0, 0.05) is 26.2 Å². The molecule has 1 aliphatic heterocycles. The van der Waals surface area contributed by atoms with Gasteiger partial charge in [-0.2, -0.15) is 5.26 Å². The van der Waals surface area contributed by atoms with Crippen molar-refractivity contribution in [3.8, 4) is 11.8 Å². The minimum absolute atomic E-state index is 0.109. The second-order valence-electron chi connectivity index (χ2n) is 7.43. The molecule has 2 N–H and O–H groups in total. The second kappa shape index (κ2) is 8.91. The van der Waals surface area contributed by atoms with Crippen LogP contribution in [0.1, 0.15) is 29.8 Å². The first-order chi connectivity index (χ1) is 14.6. The topological polar surface area (TPSA) is 117 Å². The number of amides is 1. The van der Waals surface area contributed by atoms with E-state index in [1.165, 1.54) is 24.3 Å². The maximum absolute atomic E-state index is 14.3. The number of nitrogens with zero attached hydrogens (tertiary/aromatic N) is 3. The van der Waals surface area contributed by atoms with E-state index < -0.39 is 15.8 Å². The monoisotopic (exact) mass is 446 g/mol. The summed E-state index contributed by atoms with van der Waals surface area (Å²) in [6.07, 6.45) is -0.219. The number of benzene rings is 2. The summed E-state index contributed by atoms with van der Waals surface area (Å²) in [5.41, 5.74) is 0.715. The summed E-state index contributed by atoms with van der Waals surface area (Å²) in [6.45, 7) is 4.96. The molecule has 31 heavy (non-hydrogen) atoms. The molecule has 2 aromatic carbocycles. The zero-order valence-corrected chi connectivity index (χ0v) is 18.0. The first-order valence-electron chi connectivity index (χ1n) is 9.67. The van der Waals surface area contributed by atoms with Crippen LogP contribution in [0.5, 0.6) is 5.75 Å². The van der Waals surface area contributed by atoms with Crippen LogP contribution in [0, 0.1) is 17.1 Å². The average Bonchev–Trinajstić information content (AvgIpc) is 2.72. The molecule has 1 heterocycles. The van der Waals surface area contributed by atoms with Crippen LogP contribution in [0.15, 0.2) is 41.3 Å². The Morgan fingerprint density at radius 1 is 1.16 bits per heavy atom. The first kappa shape index (κ1) is 22.5. The number of rotatable bonds is 5. The van der Waals surface area contributed by atoms with Crippen molar-refractivity contribution >= 4 is 21.6 Å². The van der Waals surface area contributed by atoms with Gasteiger partial charge < -0.3 is 14.5 Å². The van der Waals surface area contributed by atoms with Crippen molar-refractivity contribution in [1.29, 1.82) is 5.26 Å². The zero-order chi connectivity index (χ0) is 22.8. The van der Waals surface area contributed by atoms with Crippen molar-refractivity contribution in [3.05, 3.63) is 53.3 Å². The Hall–Kier alpha value is -3.16. The van der Waals surface area contributed by atoms with Crippen LogP contribution in [0.3, 0.4) is 0 Å². The van der Waals surface area contributed by atoms with E-state index in [-0.39, 0.29) is 33.8 Å². The third kappa shape index (κ3) is 5.13. The molecule has 1 amide bonds. The molecule has 1 fully saturated rings. The minimum Gasteiger partial charge on any atom is -0.490 e. The van der Waals surface area contributed by atoms with E-state index in [9.17, 15) is 17.6 Å². The predicted molar refractivity (Wildman–Crippen MR) is 113 cm³/mol. The van der Waals surface area contributed by atoms with Gasteiger partial charge >= 0.3 is 0 Å². The number of sulfonamides is 1. The Bertz CT molecular complexity index is 1140. The van der Waals surface area contributed by atoms with Crippen molar-refractivity contribution in [2.45, 2.75) is 24.8 Å². The molecule has 0 aliphatic carbocycles. The van der Waals surface area contributed by atoms with Gasteiger partial charge in [-0.1, -0.05) is 0 Å². The van der Waals surface area contributed by atoms with Crippen LogP contribution < -0.4 is 14.8 Å². The number of halogens is 1. The smallest absolute Gasteiger partial charge is 0.257 e. The van der Waals surface area contributed by atoms with Crippen molar-refractivity contribution in [3.63, 3.8) is 0 Å². The molecule has 0 atom stereocenters. The average molecular weight is 447 g/mol. The molecular formula is C21H23FN4O4S. The normalized spacial score (nSPS) is 14.5. The van der Waals surface area contributed by atoms with Gasteiger partial charge in [0.2, 0.25) is 10.0 Å². The van der Waals surface area contributed by atoms with Crippen LogP contribution in [-0.2, 0) is 10.0 Å². The number of hydrogen-bond donors (Lipinski definition) is 1. The lowest BCUT2D eigenvalue weighted by atomic mass is 10.1. The third-order valence-corrected chi connectivity index (χ3v) is 5.77. The van der Waals surface area contributed by atoms with Crippen molar-refractivity contribution in [1.82, 2.24) is 4.90 Å². The highest BCUT2D eigenvalue weighted by Crippen LogP contribution is 2.27. The molecule has 3 rings (SSSR count). The number of anilines is 1. The van der Waals surface area contributed by atoms with E-state index in [2.05, 4.69) is 0 Å². The molecule has 1 aliphatic rings. The quantitative estimate of drug-likeness (QED) is 0.752. The summed E-state index contributed by atoms with van der Waals surface area (Å²) >= 11 is 0.